The maximum atomic E-state index is 11.7. The molecular formula is C13H16N4O3. The first-order chi connectivity index (χ1) is 9.54. The molecule has 1 aliphatic rings. The maximum Gasteiger partial charge on any atom is 0.322 e. The SMILES string of the molecule is Cc1ccc(CNC(=O)CC[C@@H]2NC(=O)NC2=O)cn1. The summed E-state index contributed by atoms with van der Waals surface area (Å²) in [6, 6.07) is 2.65. The van der Waals surface area contributed by atoms with E-state index in [2.05, 4.69) is 20.9 Å². The van der Waals surface area contributed by atoms with Gasteiger partial charge >= 0.3 is 6.03 Å². The molecule has 1 atom stereocenters. The summed E-state index contributed by atoms with van der Waals surface area (Å²) in [7, 11) is 0. The van der Waals surface area contributed by atoms with Crippen LogP contribution in [0.3, 0.4) is 0 Å². The zero-order chi connectivity index (χ0) is 14.5. The molecule has 1 fully saturated rings. The summed E-state index contributed by atoms with van der Waals surface area (Å²) in [5.74, 6) is -0.551. The maximum absolute atomic E-state index is 11.7. The number of rotatable bonds is 5. The molecule has 1 aliphatic heterocycles. The summed E-state index contributed by atoms with van der Waals surface area (Å²) < 4.78 is 0. The standard InChI is InChI=1S/C13H16N4O3/c1-8-2-3-9(6-14-8)7-15-11(18)5-4-10-12(19)17-13(20)16-10/h2-3,6,10H,4-5,7H2,1H3,(H,15,18)(H2,16,17,19,20)/t10-/m0/s1. The predicted octanol–water partition coefficient (Wildman–Crippen LogP) is -0.00558. The van der Waals surface area contributed by atoms with Crippen molar-refractivity contribution in [2.75, 3.05) is 0 Å². The average Bonchev–Trinajstić information content (AvgIpc) is 2.74. The fourth-order valence-electron chi connectivity index (χ4n) is 1.83. The van der Waals surface area contributed by atoms with Crippen molar-refractivity contribution in [3.8, 4) is 0 Å². The average molecular weight is 276 g/mol. The molecule has 2 rings (SSSR count). The number of imide groups is 1. The highest BCUT2D eigenvalue weighted by Gasteiger charge is 2.29. The van der Waals surface area contributed by atoms with E-state index >= 15 is 0 Å². The number of amides is 4. The van der Waals surface area contributed by atoms with Crippen LogP contribution in [0.2, 0.25) is 0 Å². The van der Waals surface area contributed by atoms with E-state index in [4.69, 9.17) is 0 Å². The lowest BCUT2D eigenvalue weighted by atomic mass is 10.1. The first-order valence-electron chi connectivity index (χ1n) is 6.34. The number of aromatic nitrogens is 1. The highest BCUT2D eigenvalue weighted by Crippen LogP contribution is 2.03. The Bertz CT molecular complexity index is 527. The molecule has 0 spiro atoms. The zero-order valence-electron chi connectivity index (χ0n) is 11.1. The number of carbonyl (C=O) groups excluding carboxylic acids is 3. The second kappa shape index (κ2) is 6.14. The third-order valence-electron chi connectivity index (χ3n) is 2.98. The molecule has 20 heavy (non-hydrogen) atoms. The Hall–Kier alpha value is -2.44. The van der Waals surface area contributed by atoms with E-state index in [0.29, 0.717) is 6.54 Å². The van der Waals surface area contributed by atoms with Crippen LogP contribution in [0.25, 0.3) is 0 Å². The van der Waals surface area contributed by atoms with Crippen molar-refractivity contribution in [1.82, 2.24) is 20.9 Å². The van der Waals surface area contributed by atoms with Crippen LogP contribution in [0.15, 0.2) is 18.3 Å². The van der Waals surface area contributed by atoms with E-state index in [9.17, 15) is 14.4 Å². The molecule has 0 unspecified atom stereocenters. The van der Waals surface area contributed by atoms with Gasteiger partial charge in [0.1, 0.15) is 6.04 Å². The normalized spacial score (nSPS) is 17.6. The smallest absolute Gasteiger partial charge is 0.322 e. The van der Waals surface area contributed by atoms with E-state index in [0.717, 1.165) is 11.3 Å². The lowest BCUT2D eigenvalue weighted by Crippen LogP contribution is -2.31. The Balaban J connectivity index is 1.72. The van der Waals surface area contributed by atoms with E-state index in [1.807, 2.05) is 19.1 Å². The Kier molecular flexibility index (Phi) is 4.29. The van der Waals surface area contributed by atoms with Gasteiger partial charge in [0.15, 0.2) is 0 Å². The molecule has 2 heterocycles. The molecule has 0 aliphatic carbocycles. The Labute approximate surface area is 116 Å². The fourth-order valence-corrected chi connectivity index (χ4v) is 1.83. The lowest BCUT2D eigenvalue weighted by molar-refractivity contribution is -0.122. The first-order valence-corrected chi connectivity index (χ1v) is 6.34. The molecule has 0 aromatic carbocycles. The van der Waals surface area contributed by atoms with Crippen molar-refractivity contribution in [3.05, 3.63) is 29.6 Å². The van der Waals surface area contributed by atoms with Crippen LogP contribution in [0.4, 0.5) is 4.79 Å². The van der Waals surface area contributed by atoms with Gasteiger partial charge in [-0.25, -0.2) is 4.79 Å². The summed E-state index contributed by atoms with van der Waals surface area (Å²) in [6.45, 7) is 2.29. The fraction of sp³-hybridized carbons (Fsp3) is 0.385. The largest absolute Gasteiger partial charge is 0.352 e. The van der Waals surface area contributed by atoms with Crippen LogP contribution in [0.5, 0.6) is 0 Å². The number of carbonyl (C=O) groups is 3. The van der Waals surface area contributed by atoms with Gasteiger partial charge in [0.2, 0.25) is 5.91 Å². The number of aryl methyl sites for hydroxylation is 1. The van der Waals surface area contributed by atoms with Gasteiger partial charge in [-0.05, 0) is 25.0 Å². The van der Waals surface area contributed by atoms with E-state index < -0.39 is 12.1 Å². The van der Waals surface area contributed by atoms with Gasteiger partial charge in [-0.2, -0.15) is 0 Å². The topological polar surface area (TPSA) is 100 Å². The lowest BCUT2D eigenvalue weighted by Gasteiger charge is -2.08. The van der Waals surface area contributed by atoms with E-state index in [-0.39, 0.29) is 24.7 Å². The van der Waals surface area contributed by atoms with Crippen molar-refractivity contribution >= 4 is 17.8 Å². The van der Waals surface area contributed by atoms with E-state index in [1.165, 1.54) is 0 Å². The molecule has 0 saturated carbocycles. The quantitative estimate of drug-likeness (QED) is 0.659. The zero-order valence-corrected chi connectivity index (χ0v) is 11.1. The van der Waals surface area contributed by atoms with Crippen LogP contribution in [0.1, 0.15) is 24.1 Å². The number of pyridine rings is 1. The van der Waals surface area contributed by atoms with Gasteiger partial charge < -0.3 is 10.6 Å². The molecule has 7 heteroatoms. The summed E-state index contributed by atoms with van der Waals surface area (Å²) in [5, 5.41) is 7.32. The van der Waals surface area contributed by atoms with Crippen LogP contribution in [-0.4, -0.2) is 28.9 Å². The van der Waals surface area contributed by atoms with Gasteiger partial charge in [0.05, 0.1) is 0 Å². The molecule has 1 saturated heterocycles. The highest BCUT2D eigenvalue weighted by molar-refractivity contribution is 6.04. The third-order valence-corrected chi connectivity index (χ3v) is 2.98. The second-order valence-corrected chi connectivity index (χ2v) is 4.64. The molecule has 0 bridgehead atoms. The minimum Gasteiger partial charge on any atom is -0.352 e. The minimum atomic E-state index is -0.616. The second-order valence-electron chi connectivity index (χ2n) is 4.64. The molecule has 7 nitrogen and oxygen atoms in total. The van der Waals surface area contributed by atoms with Crippen molar-refractivity contribution in [2.45, 2.75) is 32.4 Å². The van der Waals surface area contributed by atoms with Crippen molar-refractivity contribution in [2.24, 2.45) is 0 Å². The van der Waals surface area contributed by atoms with Crippen LogP contribution in [0, 0.1) is 6.92 Å². The summed E-state index contributed by atoms with van der Waals surface area (Å²) >= 11 is 0. The first kappa shape index (κ1) is 14.0. The molecule has 106 valence electrons. The third kappa shape index (κ3) is 3.78. The number of hydrogen-bond donors (Lipinski definition) is 3. The Morgan fingerprint density at radius 3 is 2.80 bits per heavy atom. The number of nitrogens with one attached hydrogen (secondary N) is 3. The molecule has 1 aromatic heterocycles. The van der Waals surface area contributed by atoms with E-state index in [1.54, 1.807) is 6.20 Å². The molecule has 0 radical (unpaired) electrons. The van der Waals surface area contributed by atoms with Gasteiger partial charge in [-0.3, -0.25) is 19.9 Å². The number of hydrogen-bond acceptors (Lipinski definition) is 4. The monoisotopic (exact) mass is 276 g/mol. The van der Waals surface area contributed by atoms with Crippen molar-refractivity contribution in [1.29, 1.82) is 0 Å². The van der Waals surface area contributed by atoms with Crippen LogP contribution >= 0.6 is 0 Å². The number of urea groups is 1. The van der Waals surface area contributed by atoms with Gasteiger partial charge in [0.25, 0.3) is 5.91 Å². The predicted molar refractivity (Wildman–Crippen MR) is 70.5 cm³/mol. The summed E-state index contributed by atoms with van der Waals surface area (Å²) in [4.78, 5) is 38.0. The highest BCUT2D eigenvalue weighted by atomic mass is 16.2. The summed E-state index contributed by atoms with van der Waals surface area (Å²) in [5.41, 5.74) is 1.83. The van der Waals surface area contributed by atoms with Crippen LogP contribution < -0.4 is 16.0 Å². The van der Waals surface area contributed by atoms with Crippen molar-refractivity contribution in [3.63, 3.8) is 0 Å². The Morgan fingerprint density at radius 1 is 1.40 bits per heavy atom. The minimum absolute atomic E-state index is 0.167. The van der Waals surface area contributed by atoms with Crippen molar-refractivity contribution < 1.29 is 14.4 Å². The molecule has 1 aromatic rings. The van der Waals surface area contributed by atoms with Gasteiger partial charge in [-0.15, -0.1) is 0 Å². The molecular weight excluding hydrogens is 260 g/mol. The van der Waals surface area contributed by atoms with Gasteiger partial charge in [-0.1, -0.05) is 6.07 Å². The molecule has 3 N–H and O–H groups in total. The number of nitrogens with zero attached hydrogens (tertiary/aromatic N) is 1. The molecule has 4 amide bonds. The summed E-state index contributed by atoms with van der Waals surface area (Å²) in [6.07, 6.45) is 2.17. The Morgan fingerprint density at radius 2 is 2.20 bits per heavy atom. The van der Waals surface area contributed by atoms with Gasteiger partial charge in [0, 0.05) is 24.9 Å². The van der Waals surface area contributed by atoms with Crippen LogP contribution in [-0.2, 0) is 16.1 Å².